The minimum absolute atomic E-state index is 0.104. The number of nitrogens with zero attached hydrogens (tertiary/aromatic N) is 1. The summed E-state index contributed by atoms with van der Waals surface area (Å²) in [4.78, 5) is 28.4. The summed E-state index contributed by atoms with van der Waals surface area (Å²) in [6, 6.07) is 5.45. The zero-order valence-corrected chi connectivity index (χ0v) is 25.9. The molecule has 4 aliphatic rings. The smallest absolute Gasteiger partial charge is 0.492 e. The quantitative estimate of drug-likeness (QED) is 0.332. The SMILES string of the molecule is C[C@]1(C(=O)N[C@@H]2C[C@H]([C@H]3CC[C@H](C(=O)N(CCO)CCO)CC3)Oc3cc(OC(F)(F)F)ccc32)COc2cc3c(cc21)OC(F)(F)O3. The molecule has 48 heavy (non-hydrogen) atoms. The lowest BCUT2D eigenvalue weighted by atomic mass is 9.76. The molecule has 0 unspecified atom stereocenters. The van der Waals surface area contributed by atoms with E-state index in [1.165, 1.54) is 23.1 Å². The van der Waals surface area contributed by atoms with Gasteiger partial charge in [0.25, 0.3) is 0 Å². The van der Waals surface area contributed by atoms with Crippen LogP contribution < -0.4 is 29.0 Å². The number of rotatable bonds is 9. The predicted molar refractivity (Wildman–Crippen MR) is 155 cm³/mol. The van der Waals surface area contributed by atoms with Gasteiger partial charge in [0.05, 0.1) is 19.3 Å². The van der Waals surface area contributed by atoms with E-state index in [0.29, 0.717) is 36.8 Å². The van der Waals surface area contributed by atoms with Crippen molar-refractivity contribution >= 4 is 11.8 Å². The van der Waals surface area contributed by atoms with Crippen LogP contribution in [0.4, 0.5) is 22.0 Å². The number of nitrogens with one attached hydrogen (secondary N) is 1. The molecule has 3 aliphatic heterocycles. The maximum Gasteiger partial charge on any atom is 0.586 e. The van der Waals surface area contributed by atoms with Crippen molar-refractivity contribution in [3.05, 3.63) is 41.5 Å². The first-order chi connectivity index (χ1) is 22.7. The van der Waals surface area contributed by atoms with Crippen molar-refractivity contribution in [2.24, 2.45) is 11.8 Å². The number of ether oxygens (including phenoxy) is 5. The highest BCUT2D eigenvalue weighted by Gasteiger charge is 2.50. The van der Waals surface area contributed by atoms with Gasteiger partial charge in [-0.05, 0) is 56.7 Å². The van der Waals surface area contributed by atoms with Gasteiger partial charge in [0, 0.05) is 48.7 Å². The monoisotopic (exact) mass is 686 g/mol. The van der Waals surface area contributed by atoms with Gasteiger partial charge in [-0.1, -0.05) is 0 Å². The molecule has 3 N–H and O–H groups in total. The van der Waals surface area contributed by atoms with Crippen LogP contribution in [0, 0.1) is 11.8 Å². The van der Waals surface area contributed by atoms with E-state index in [1.807, 2.05) is 0 Å². The molecule has 2 aromatic rings. The Morgan fingerprint density at radius 2 is 1.65 bits per heavy atom. The number of halogens is 5. The van der Waals surface area contributed by atoms with Crippen molar-refractivity contribution < 1.29 is 65.4 Å². The summed E-state index contributed by atoms with van der Waals surface area (Å²) in [5, 5.41) is 21.6. The largest absolute Gasteiger partial charge is 0.586 e. The van der Waals surface area contributed by atoms with Crippen molar-refractivity contribution in [3.8, 4) is 28.7 Å². The standard InChI is InChI=1S/C32H35F5N2O9/c1-30(16-44-25-15-27-26(13-21(25)30)47-32(36,37)48-27)29(43)38-22-14-23(45-24-12-19(6-7-20(22)24)46-31(33,34)35)17-2-4-18(5-3-17)28(42)39(8-10-40)9-11-41/h6-7,12-13,15,17-18,22-23,40-41H,2-5,8-11,14,16H2,1H3,(H,38,43)/t17-,18-,22-,23-,30+/m1/s1. The molecule has 11 nitrogen and oxygen atoms in total. The summed E-state index contributed by atoms with van der Waals surface area (Å²) < 4.78 is 91.7. The molecule has 1 fully saturated rings. The molecule has 0 saturated heterocycles. The Balaban J connectivity index is 1.22. The maximum absolute atomic E-state index is 14.0. The highest BCUT2D eigenvalue weighted by Crippen LogP contribution is 2.50. The zero-order chi connectivity index (χ0) is 34.4. The summed E-state index contributed by atoms with van der Waals surface area (Å²) >= 11 is 0. The van der Waals surface area contributed by atoms with Crippen LogP contribution in [-0.2, 0) is 15.0 Å². The third-order valence-electron chi connectivity index (χ3n) is 9.46. The van der Waals surface area contributed by atoms with Crippen LogP contribution in [0.1, 0.15) is 56.2 Å². The summed E-state index contributed by atoms with van der Waals surface area (Å²) in [6.07, 6.45) is -6.97. The summed E-state index contributed by atoms with van der Waals surface area (Å²) in [5.74, 6) is -1.80. The number of hydrogen-bond acceptors (Lipinski definition) is 9. The third kappa shape index (κ3) is 6.77. The molecule has 0 spiro atoms. The van der Waals surface area contributed by atoms with Crippen LogP contribution in [0.2, 0.25) is 0 Å². The molecule has 2 aromatic carbocycles. The van der Waals surface area contributed by atoms with Gasteiger partial charge < -0.3 is 44.1 Å². The number of aliphatic hydroxyl groups is 2. The van der Waals surface area contributed by atoms with Gasteiger partial charge in [0.15, 0.2) is 11.5 Å². The van der Waals surface area contributed by atoms with Crippen molar-refractivity contribution in [3.63, 3.8) is 0 Å². The average molecular weight is 687 g/mol. The fraction of sp³-hybridized carbons (Fsp3) is 0.562. The van der Waals surface area contributed by atoms with Crippen molar-refractivity contribution in [2.75, 3.05) is 32.9 Å². The van der Waals surface area contributed by atoms with E-state index in [0.717, 1.165) is 12.1 Å². The maximum atomic E-state index is 14.0. The second kappa shape index (κ2) is 12.8. The van der Waals surface area contributed by atoms with Crippen LogP contribution in [0.25, 0.3) is 0 Å². The van der Waals surface area contributed by atoms with Crippen molar-refractivity contribution in [1.82, 2.24) is 10.2 Å². The Labute approximate surface area is 271 Å². The number of aliphatic hydroxyl groups excluding tert-OH is 2. The van der Waals surface area contributed by atoms with E-state index in [4.69, 9.17) is 9.47 Å². The number of carbonyl (C=O) groups excluding carboxylic acids is 2. The van der Waals surface area contributed by atoms with Crippen molar-refractivity contribution in [1.29, 1.82) is 0 Å². The zero-order valence-electron chi connectivity index (χ0n) is 25.9. The first-order valence-electron chi connectivity index (χ1n) is 15.6. The fourth-order valence-electron chi connectivity index (χ4n) is 7.00. The van der Waals surface area contributed by atoms with Gasteiger partial charge in [-0.25, -0.2) is 0 Å². The molecule has 3 heterocycles. The number of hydrogen-bond donors (Lipinski definition) is 3. The van der Waals surface area contributed by atoms with Gasteiger partial charge in [0.1, 0.15) is 35.4 Å². The number of carbonyl (C=O) groups is 2. The second-order valence-corrected chi connectivity index (χ2v) is 12.6. The van der Waals surface area contributed by atoms with E-state index < -0.39 is 41.9 Å². The molecule has 3 atom stereocenters. The second-order valence-electron chi connectivity index (χ2n) is 12.6. The normalized spacial score (nSPS) is 26.8. The van der Waals surface area contributed by atoms with E-state index in [2.05, 4.69) is 19.5 Å². The van der Waals surface area contributed by atoms with Gasteiger partial charge >= 0.3 is 12.7 Å². The topological polar surface area (TPSA) is 136 Å². The lowest BCUT2D eigenvalue weighted by Gasteiger charge is -2.40. The number of alkyl halides is 5. The van der Waals surface area contributed by atoms with Crippen molar-refractivity contribution in [2.45, 2.75) is 69.2 Å². The Kier molecular flexibility index (Phi) is 9.00. The summed E-state index contributed by atoms with van der Waals surface area (Å²) in [5.41, 5.74) is -0.612. The molecule has 1 aliphatic carbocycles. The lowest BCUT2D eigenvalue weighted by Crippen LogP contribution is -2.48. The van der Waals surface area contributed by atoms with Gasteiger partial charge in [0.2, 0.25) is 11.8 Å². The summed E-state index contributed by atoms with van der Waals surface area (Å²) in [7, 11) is 0. The lowest BCUT2D eigenvalue weighted by molar-refractivity contribution is -0.286. The fourth-order valence-corrected chi connectivity index (χ4v) is 7.00. The molecule has 0 radical (unpaired) electrons. The molecular formula is C32H35F5N2O9. The van der Waals surface area contributed by atoms with Crippen LogP contribution >= 0.6 is 0 Å². The van der Waals surface area contributed by atoms with Crippen LogP contribution in [0.3, 0.4) is 0 Å². The molecule has 16 heteroatoms. The predicted octanol–water partition coefficient (Wildman–Crippen LogP) is 4.19. The first-order valence-corrected chi connectivity index (χ1v) is 15.6. The molecule has 1 saturated carbocycles. The highest BCUT2D eigenvalue weighted by atomic mass is 19.4. The Morgan fingerprint density at radius 3 is 2.29 bits per heavy atom. The minimum atomic E-state index is -4.94. The van der Waals surface area contributed by atoms with Crippen LogP contribution in [0.5, 0.6) is 28.7 Å². The van der Waals surface area contributed by atoms with Crippen LogP contribution in [0.15, 0.2) is 30.3 Å². The molecule has 0 bridgehead atoms. The molecule has 262 valence electrons. The number of amides is 2. The van der Waals surface area contributed by atoms with E-state index in [9.17, 15) is 41.8 Å². The van der Waals surface area contributed by atoms with Gasteiger partial charge in [-0.2, -0.15) is 0 Å². The van der Waals surface area contributed by atoms with E-state index in [-0.39, 0.29) is 80.1 Å². The Bertz CT molecular complexity index is 1540. The Morgan fingerprint density at radius 1 is 0.979 bits per heavy atom. The molecule has 6 rings (SSSR count). The Hall–Kier alpha value is -4.05. The van der Waals surface area contributed by atoms with E-state index in [1.54, 1.807) is 6.92 Å². The number of benzene rings is 2. The average Bonchev–Trinajstić information content (AvgIpc) is 3.52. The first kappa shape index (κ1) is 33.8. The van der Waals surface area contributed by atoms with Gasteiger partial charge in [-0.15, -0.1) is 22.0 Å². The van der Waals surface area contributed by atoms with Gasteiger partial charge in [-0.3, -0.25) is 9.59 Å². The number of fused-ring (bicyclic) bond motifs is 3. The minimum Gasteiger partial charge on any atom is -0.492 e. The van der Waals surface area contributed by atoms with Crippen LogP contribution in [-0.4, -0.2) is 78.6 Å². The highest BCUT2D eigenvalue weighted by molar-refractivity contribution is 5.90. The molecular weight excluding hydrogens is 651 g/mol. The summed E-state index contributed by atoms with van der Waals surface area (Å²) in [6.45, 7) is 1.21. The third-order valence-corrected chi connectivity index (χ3v) is 9.46. The molecule has 2 amide bonds. The van der Waals surface area contributed by atoms with E-state index >= 15 is 0 Å². The molecule has 0 aromatic heterocycles.